The van der Waals surface area contributed by atoms with Crippen LogP contribution in [0.5, 0.6) is 0 Å². The van der Waals surface area contributed by atoms with Crippen LogP contribution in [0.25, 0.3) is 0 Å². The average molecular weight is 480 g/mol. The van der Waals surface area contributed by atoms with Gasteiger partial charge in [-0.2, -0.15) is 5.10 Å². The van der Waals surface area contributed by atoms with Crippen LogP contribution in [0.15, 0.2) is 47.7 Å². The maximum atomic E-state index is 11.9. The van der Waals surface area contributed by atoms with Gasteiger partial charge in [0.1, 0.15) is 17.2 Å². The van der Waals surface area contributed by atoms with Crippen molar-refractivity contribution >= 4 is 23.1 Å². The van der Waals surface area contributed by atoms with E-state index in [0.717, 1.165) is 50.5 Å². The number of nitrogens with one attached hydrogen (secondary N) is 1. The van der Waals surface area contributed by atoms with E-state index in [1.54, 1.807) is 12.5 Å². The largest absolute Gasteiger partial charge is 0.363 e. The Hall–Kier alpha value is -2.97. The summed E-state index contributed by atoms with van der Waals surface area (Å²) in [6, 6.07) is 11.1. The van der Waals surface area contributed by atoms with E-state index >= 15 is 0 Å². The quantitative estimate of drug-likeness (QED) is 0.602. The molecule has 0 amide bonds. The number of aromatic amines is 1. The Morgan fingerprint density at radius 2 is 2.03 bits per heavy atom. The van der Waals surface area contributed by atoms with Crippen molar-refractivity contribution < 1.29 is 0 Å². The van der Waals surface area contributed by atoms with Gasteiger partial charge < -0.3 is 9.80 Å². The molecule has 9 heteroatoms. The number of likely N-dealkylation sites (tertiary alicyclic amines) is 1. The summed E-state index contributed by atoms with van der Waals surface area (Å²) in [5.74, 6) is 1.59. The molecule has 0 radical (unpaired) electrons. The Kier molecular flexibility index (Phi) is 6.52. The van der Waals surface area contributed by atoms with Crippen LogP contribution >= 0.6 is 11.6 Å². The molecule has 2 aromatic heterocycles. The summed E-state index contributed by atoms with van der Waals surface area (Å²) in [5, 5.41) is 6.47. The van der Waals surface area contributed by atoms with Crippen LogP contribution < -0.4 is 15.4 Å². The van der Waals surface area contributed by atoms with Crippen LogP contribution in [0.1, 0.15) is 30.2 Å². The minimum Gasteiger partial charge on any atom is -0.363 e. The van der Waals surface area contributed by atoms with Gasteiger partial charge in [-0.05, 0) is 30.9 Å². The molecule has 1 saturated heterocycles. The normalized spacial score (nSPS) is 20.7. The number of fused-ring (bicyclic) bond motifs is 1. The molecule has 4 heterocycles. The average Bonchev–Trinajstić information content (AvgIpc) is 2.86. The summed E-state index contributed by atoms with van der Waals surface area (Å²) in [6.45, 7) is 6.74. The molecule has 1 aromatic carbocycles. The number of halogens is 1. The maximum absolute atomic E-state index is 11.9. The molecule has 2 atom stereocenters. The molecule has 0 unspecified atom stereocenters. The van der Waals surface area contributed by atoms with E-state index in [9.17, 15) is 4.79 Å². The number of likely N-dealkylation sites (N-methyl/N-ethyl adjacent to an activating group) is 1. The number of anilines is 2. The molecule has 5 rings (SSSR count). The first-order valence-corrected chi connectivity index (χ1v) is 12.2. The fraction of sp³-hybridized carbons (Fsp3) is 0.440. The summed E-state index contributed by atoms with van der Waals surface area (Å²) >= 11 is 6.25. The first kappa shape index (κ1) is 22.8. The van der Waals surface area contributed by atoms with Crippen LogP contribution in [0.3, 0.4) is 0 Å². The minimum atomic E-state index is -0.376. The van der Waals surface area contributed by atoms with E-state index < -0.39 is 0 Å². The first-order chi connectivity index (χ1) is 16.5. The third-order valence-electron chi connectivity index (χ3n) is 7.19. The van der Waals surface area contributed by atoms with Gasteiger partial charge in [0.15, 0.2) is 0 Å². The second-order valence-corrected chi connectivity index (χ2v) is 9.74. The summed E-state index contributed by atoms with van der Waals surface area (Å²) in [6.07, 6.45) is 5.21. The highest BCUT2D eigenvalue weighted by Gasteiger charge is 2.32. The predicted molar refractivity (Wildman–Crippen MR) is 134 cm³/mol. The molecule has 1 N–H and O–H groups in total. The number of aromatic nitrogens is 4. The topological polar surface area (TPSA) is 81.2 Å². The van der Waals surface area contributed by atoms with Gasteiger partial charge in [-0.15, -0.1) is 0 Å². The lowest BCUT2D eigenvalue weighted by atomic mass is 9.91. The zero-order valence-corrected chi connectivity index (χ0v) is 20.4. The number of rotatable bonds is 5. The zero-order chi connectivity index (χ0) is 23.7. The summed E-state index contributed by atoms with van der Waals surface area (Å²) in [5.41, 5.74) is 3.78. The van der Waals surface area contributed by atoms with Gasteiger partial charge in [0, 0.05) is 38.3 Å². The molecule has 0 spiro atoms. The van der Waals surface area contributed by atoms with Crippen molar-refractivity contribution in [2.45, 2.75) is 38.9 Å². The van der Waals surface area contributed by atoms with Gasteiger partial charge in [0.05, 0.1) is 24.1 Å². The van der Waals surface area contributed by atoms with Crippen molar-refractivity contribution in [3.8, 4) is 0 Å². The van der Waals surface area contributed by atoms with Crippen molar-refractivity contribution in [2.24, 2.45) is 5.92 Å². The van der Waals surface area contributed by atoms with E-state index in [1.165, 1.54) is 11.1 Å². The molecule has 34 heavy (non-hydrogen) atoms. The van der Waals surface area contributed by atoms with Crippen LogP contribution in [0.4, 0.5) is 11.5 Å². The molecule has 0 bridgehead atoms. The van der Waals surface area contributed by atoms with E-state index in [-0.39, 0.29) is 10.6 Å². The van der Waals surface area contributed by atoms with Crippen molar-refractivity contribution in [3.05, 3.63) is 75.1 Å². The Labute approximate surface area is 204 Å². The highest BCUT2D eigenvalue weighted by atomic mass is 35.5. The molecule has 2 aliphatic heterocycles. The Balaban J connectivity index is 1.35. The van der Waals surface area contributed by atoms with Crippen molar-refractivity contribution in [2.75, 3.05) is 36.5 Å². The lowest BCUT2D eigenvalue weighted by molar-refractivity contribution is 0.159. The van der Waals surface area contributed by atoms with Crippen LogP contribution in [0.2, 0.25) is 5.02 Å². The molecule has 3 aromatic rings. The number of nitrogens with zero attached hydrogens (tertiary/aromatic N) is 6. The summed E-state index contributed by atoms with van der Waals surface area (Å²) < 4.78 is 0. The second kappa shape index (κ2) is 9.72. The molecule has 2 aliphatic rings. The van der Waals surface area contributed by atoms with Crippen LogP contribution in [-0.4, -0.2) is 57.8 Å². The number of piperidine rings is 1. The van der Waals surface area contributed by atoms with Crippen molar-refractivity contribution in [1.29, 1.82) is 0 Å². The minimum absolute atomic E-state index is 0.166. The van der Waals surface area contributed by atoms with E-state index in [0.29, 0.717) is 24.2 Å². The summed E-state index contributed by atoms with van der Waals surface area (Å²) in [4.78, 5) is 28.2. The zero-order valence-electron chi connectivity index (χ0n) is 19.6. The Morgan fingerprint density at radius 1 is 1.21 bits per heavy atom. The molecule has 178 valence electrons. The lowest BCUT2D eigenvalue weighted by Crippen LogP contribution is -2.51. The molecule has 8 nitrogen and oxygen atoms in total. The highest BCUT2D eigenvalue weighted by molar-refractivity contribution is 6.33. The highest BCUT2D eigenvalue weighted by Crippen LogP contribution is 2.32. The fourth-order valence-corrected chi connectivity index (χ4v) is 5.41. The standard InChI is InChI=1S/C25H30ClN7O/c1-17-8-10-32(13-18-6-4-3-5-7-18)15-22(17)31(2)24-19-9-11-33(14-20(19)27-16-28-24)21-12-29-30-25(34)23(21)26/h3-7,12,16-17,22H,8-11,13-15H2,1-2H3,(H,30,34)/t17-,22+/m0/s1. The van der Waals surface area contributed by atoms with E-state index in [1.807, 2.05) is 0 Å². The fourth-order valence-electron chi connectivity index (χ4n) is 5.20. The SMILES string of the molecule is C[C@H]1CCN(Cc2ccccc2)C[C@H]1N(C)c1ncnc2c1CCN(c1cn[nH]c(=O)c1Cl)C2. The summed E-state index contributed by atoms with van der Waals surface area (Å²) in [7, 11) is 2.17. The number of hydrogen-bond donors (Lipinski definition) is 1. The third-order valence-corrected chi connectivity index (χ3v) is 7.55. The number of benzene rings is 1. The Morgan fingerprint density at radius 3 is 2.85 bits per heavy atom. The monoisotopic (exact) mass is 479 g/mol. The first-order valence-electron chi connectivity index (χ1n) is 11.8. The molecular formula is C25H30ClN7O. The van der Waals surface area contributed by atoms with Gasteiger partial charge >= 0.3 is 0 Å². The molecule has 0 aliphatic carbocycles. The maximum Gasteiger partial charge on any atom is 0.285 e. The second-order valence-electron chi connectivity index (χ2n) is 9.36. The number of hydrogen-bond acceptors (Lipinski definition) is 7. The Bertz CT molecular complexity index is 1200. The predicted octanol–water partition coefficient (Wildman–Crippen LogP) is 3.12. The van der Waals surface area contributed by atoms with E-state index in [2.05, 4.69) is 74.2 Å². The van der Waals surface area contributed by atoms with Gasteiger partial charge in [-0.3, -0.25) is 9.69 Å². The van der Waals surface area contributed by atoms with Crippen molar-refractivity contribution in [1.82, 2.24) is 25.1 Å². The molecule has 1 fully saturated rings. The van der Waals surface area contributed by atoms with Gasteiger partial charge in [0.2, 0.25) is 0 Å². The molecular weight excluding hydrogens is 450 g/mol. The van der Waals surface area contributed by atoms with Crippen LogP contribution in [0, 0.1) is 5.92 Å². The smallest absolute Gasteiger partial charge is 0.285 e. The molecule has 0 saturated carbocycles. The van der Waals surface area contributed by atoms with E-state index in [4.69, 9.17) is 16.6 Å². The van der Waals surface area contributed by atoms with Crippen LogP contribution in [-0.2, 0) is 19.5 Å². The van der Waals surface area contributed by atoms with Gasteiger partial charge in [-0.25, -0.2) is 15.1 Å². The van der Waals surface area contributed by atoms with Gasteiger partial charge in [0.25, 0.3) is 5.56 Å². The third kappa shape index (κ3) is 4.52. The number of H-pyrrole nitrogens is 1. The van der Waals surface area contributed by atoms with Gasteiger partial charge in [-0.1, -0.05) is 48.9 Å². The lowest BCUT2D eigenvalue weighted by Gasteiger charge is -2.43. The van der Waals surface area contributed by atoms with Crippen molar-refractivity contribution in [3.63, 3.8) is 0 Å².